The van der Waals surface area contributed by atoms with E-state index in [0.29, 0.717) is 11.5 Å². The molecule has 1 aliphatic rings. The molecule has 0 bridgehead atoms. The number of carbonyl (C=O) groups is 1. The van der Waals surface area contributed by atoms with Gasteiger partial charge < -0.3 is 21.1 Å². The van der Waals surface area contributed by atoms with Crippen molar-refractivity contribution in [3.8, 4) is 0 Å². The molecule has 1 saturated heterocycles. The molecule has 4 N–H and O–H groups in total. The lowest BCUT2D eigenvalue weighted by molar-refractivity contribution is 0.0595. The van der Waals surface area contributed by atoms with Crippen LogP contribution in [0.1, 0.15) is 23.2 Å². The Hall–Kier alpha value is -1.34. The van der Waals surface area contributed by atoms with E-state index >= 15 is 0 Å². The van der Waals surface area contributed by atoms with Gasteiger partial charge in [0.1, 0.15) is 10.6 Å². The fourth-order valence-corrected chi connectivity index (χ4v) is 2.69. The van der Waals surface area contributed by atoms with Crippen LogP contribution in [0.5, 0.6) is 0 Å². The smallest absolute Gasteiger partial charge is 0.257 e. The molecule has 1 aliphatic heterocycles. The van der Waals surface area contributed by atoms with Gasteiger partial charge in [0.25, 0.3) is 5.91 Å². The van der Waals surface area contributed by atoms with Gasteiger partial charge in [-0.15, -0.1) is 0 Å². The fraction of sp³-hybridized carbons (Fsp3) is 0.636. The number of nitrogens with two attached hydrogens (primary N) is 1. The molecular formula is C11H18N4O2S. The van der Waals surface area contributed by atoms with Crippen molar-refractivity contribution in [3.05, 3.63) is 5.56 Å². The Bertz CT molecular complexity index is 415. The van der Waals surface area contributed by atoms with Crippen LogP contribution in [0.2, 0.25) is 0 Å². The molecule has 1 atom stereocenters. The minimum Gasteiger partial charge on any atom is -0.382 e. The molecule has 0 saturated carbocycles. The van der Waals surface area contributed by atoms with E-state index < -0.39 is 0 Å². The summed E-state index contributed by atoms with van der Waals surface area (Å²) in [5.41, 5.74) is 6.14. The zero-order valence-corrected chi connectivity index (χ0v) is 11.2. The number of hydrogen-bond donors (Lipinski definition) is 3. The predicted octanol–water partition coefficient (Wildman–Crippen LogP) is 0.923. The molecule has 1 aromatic heterocycles. The van der Waals surface area contributed by atoms with Crippen molar-refractivity contribution in [1.29, 1.82) is 0 Å². The molecular weight excluding hydrogens is 252 g/mol. The summed E-state index contributed by atoms with van der Waals surface area (Å²) in [4.78, 5) is 11.7. The lowest BCUT2D eigenvalue weighted by Gasteiger charge is -2.22. The highest BCUT2D eigenvalue weighted by molar-refractivity contribution is 7.11. The topological polar surface area (TPSA) is 89.3 Å². The first-order valence-electron chi connectivity index (χ1n) is 6.01. The number of nitrogens with one attached hydrogen (secondary N) is 2. The van der Waals surface area contributed by atoms with Crippen molar-refractivity contribution in [2.75, 3.05) is 37.9 Å². The van der Waals surface area contributed by atoms with Crippen LogP contribution in [0.3, 0.4) is 0 Å². The molecule has 0 aliphatic carbocycles. The Labute approximate surface area is 110 Å². The molecule has 0 spiro atoms. The van der Waals surface area contributed by atoms with E-state index in [4.69, 9.17) is 10.5 Å². The summed E-state index contributed by atoms with van der Waals surface area (Å²) >= 11 is 1.22. The van der Waals surface area contributed by atoms with Crippen LogP contribution in [0.25, 0.3) is 0 Å². The molecule has 1 aromatic rings. The summed E-state index contributed by atoms with van der Waals surface area (Å²) in [5.74, 6) is 0.560. The van der Waals surface area contributed by atoms with Crippen LogP contribution in [0.15, 0.2) is 0 Å². The molecule has 7 heteroatoms. The number of aromatic nitrogens is 1. The van der Waals surface area contributed by atoms with E-state index in [0.717, 1.165) is 37.6 Å². The maximum Gasteiger partial charge on any atom is 0.257 e. The van der Waals surface area contributed by atoms with Crippen molar-refractivity contribution in [3.63, 3.8) is 0 Å². The van der Waals surface area contributed by atoms with Gasteiger partial charge in [-0.2, -0.15) is 4.37 Å². The molecule has 2 heterocycles. The summed E-state index contributed by atoms with van der Waals surface area (Å²) in [6, 6.07) is 0. The first-order chi connectivity index (χ1) is 8.72. The summed E-state index contributed by atoms with van der Waals surface area (Å²) in [6.07, 6.45) is 2.25. The van der Waals surface area contributed by atoms with Gasteiger partial charge in [-0.3, -0.25) is 4.79 Å². The Morgan fingerprint density at radius 1 is 1.67 bits per heavy atom. The largest absolute Gasteiger partial charge is 0.382 e. The minimum absolute atomic E-state index is 0.205. The highest BCUT2D eigenvalue weighted by Crippen LogP contribution is 2.27. The second-order valence-electron chi connectivity index (χ2n) is 4.32. The molecule has 1 amide bonds. The monoisotopic (exact) mass is 270 g/mol. The van der Waals surface area contributed by atoms with E-state index in [2.05, 4.69) is 15.0 Å². The highest BCUT2D eigenvalue weighted by Gasteiger charge is 2.20. The highest BCUT2D eigenvalue weighted by atomic mass is 32.1. The Kier molecular flexibility index (Phi) is 4.38. The maximum absolute atomic E-state index is 11.7. The Morgan fingerprint density at radius 3 is 3.17 bits per heavy atom. The van der Waals surface area contributed by atoms with Crippen LogP contribution in [0.4, 0.5) is 10.8 Å². The first kappa shape index (κ1) is 13.1. The van der Waals surface area contributed by atoms with Crippen LogP contribution >= 0.6 is 11.5 Å². The number of rotatable bonds is 4. The zero-order valence-electron chi connectivity index (χ0n) is 10.4. The van der Waals surface area contributed by atoms with Gasteiger partial charge in [-0.05, 0) is 30.3 Å². The van der Waals surface area contributed by atoms with E-state index in [1.54, 1.807) is 7.05 Å². The van der Waals surface area contributed by atoms with E-state index in [9.17, 15) is 4.79 Å². The SMILES string of the molecule is CNC(=O)c1c(N)nsc1NCC1CCCOC1. The first-order valence-corrected chi connectivity index (χ1v) is 6.78. The van der Waals surface area contributed by atoms with E-state index in [-0.39, 0.29) is 11.7 Å². The quantitative estimate of drug-likeness (QED) is 0.757. The number of nitrogen functional groups attached to an aromatic ring is 1. The number of carbonyl (C=O) groups excluding carboxylic acids is 1. The zero-order chi connectivity index (χ0) is 13.0. The van der Waals surface area contributed by atoms with Crippen molar-refractivity contribution >= 4 is 28.3 Å². The van der Waals surface area contributed by atoms with Crippen molar-refractivity contribution in [2.45, 2.75) is 12.8 Å². The second kappa shape index (κ2) is 6.01. The van der Waals surface area contributed by atoms with Crippen molar-refractivity contribution in [1.82, 2.24) is 9.69 Å². The number of hydrogen-bond acceptors (Lipinski definition) is 6. The number of anilines is 2. The van der Waals surface area contributed by atoms with Crippen LogP contribution in [-0.4, -0.2) is 37.1 Å². The van der Waals surface area contributed by atoms with Gasteiger partial charge in [0, 0.05) is 20.2 Å². The fourth-order valence-electron chi connectivity index (χ4n) is 1.97. The Morgan fingerprint density at radius 2 is 2.50 bits per heavy atom. The Balaban J connectivity index is 1.98. The number of amides is 1. The summed E-state index contributed by atoms with van der Waals surface area (Å²) in [7, 11) is 1.58. The standard InChI is InChI=1S/C11H18N4O2S/c1-13-10(16)8-9(12)15-18-11(8)14-5-7-3-2-4-17-6-7/h7,14H,2-6H2,1H3,(H2,12,15)(H,13,16). The number of nitrogens with zero attached hydrogens (tertiary/aromatic N) is 1. The molecule has 0 radical (unpaired) electrons. The van der Waals surface area contributed by atoms with E-state index in [1.807, 2.05) is 0 Å². The molecule has 2 rings (SSSR count). The molecule has 0 aromatic carbocycles. The van der Waals surface area contributed by atoms with Gasteiger partial charge in [0.2, 0.25) is 0 Å². The minimum atomic E-state index is -0.205. The lowest BCUT2D eigenvalue weighted by Crippen LogP contribution is -2.25. The second-order valence-corrected chi connectivity index (χ2v) is 5.09. The van der Waals surface area contributed by atoms with Gasteiger partial charge in [0.05, 0.1) is 6.61 Å². The van der Waals surface area contributed by atoms with Gasteiger partial charge >= 0.3 is 0 Å². The maximum atomic E-state index is 11.7. The summed E-state index contributed by atoms with van der Waals surface area (Å²) in [5, 5.41) is 6.56. The van der Waals surface area contributed by atoms with Gasteiger partial charge in [-0.1, -0.05) is 0 Å². The van der Waals surface area contributed by atoms with Crippen molar-refractivity contribution in [2.24, 2.45) is 5.92 Å². The normalized spacial score (nSPS) is 19.5. The summed E-state index contributed by atoms with van der Waals surface area (Å²) in [6.45, 7) is 2.41. The summed E-state index contributed by atoms with van der Waals surface area (Å²) < 4.78 is 9.43. The van der Waals surface area contributed by atoms with Crippen LogP contribution in [-0.2, 0) is 4.74 Å². The average Bonchev–Trinajstić information content (AvgIpc) is 2.78. The van der Waals surface area contributed by atoms with Gasteiger partial charge in [0.15, 0.2) is 5.82 Å². The third-order valence-corrected chi connectivity index (χ3v) is 3.80. The molecule has 1 fully saturated rings. The number of ether oxygens (including phenoxy) is 1. The van der Waals surface area contributed by atoms with E-state index in [1.165, 1.54) is 11.5 Å². The lowest BCUT2D eigenvalue weighted by atomic mass is 10.0. The third-order valence-electron chi connectivity index (χ3n) is 2.98. The van der Waals surface area contributed by atoms with Crippen LogP contribution < -0.4 is 16.4 Å². The molecule has 18 heavy (non-hydrogen) atoms. The molecule has 100 valence electrons. The van der Waals surface area contributed by atoms with Crippen molar-refractivity contribution < 1.29 is 9.53 Å². The molecule has 6 nitrogen and oxygen atoms in total. The molecule has 1 unspecified atom stereocenters. The third kappa shape index (κ3) is 2.91. The van der Waals surface area contributed by atoms with Crippen LogP contribution in [0, 0.1) is 5.92 Å². The predicted molar refractivity (Wildman–Crippen MR) is 71.9 cm³/mol. The van der Waals surface area contributed by atoms with Gasteiger partial charge in [-0.25, -0.2) is 0 Å². The average molecular weight is 270 g/mol.